The van der Waals surface area contributed by atoms with E-state index in [-0.39, 0.29) is 30.6 Å². The van der Waals surface area contributed by atoms with E-state index in [0.717, 1.165) is 27.7 Å². The second kappa shape index (κ2) is 9.04. The van der Waals surface area contributed by atoms with Crippen LogP contribution in [0, 0.1) is 5.21 Å². The molecule has 9 nitrogen and oxygen atoms in total. The second-order valence-corrected chi connectivity index (χ2v) is 9.42. The zero-order valence-corrected chi connectivity index (χ0v) is 20.2. The van der Waals surface area contributed by atoms with Crippen molar-refractivity contribution in [2.75, 3.05) is 13.7 Å². The Kier molecular flexibility index (Phi) is 5.68. The summed E-state index contributed by atoms with van der Waals surface area (Å²) in [6.07, 6.45) is 0.376. The van der Waals surface area contributed by atoms with Crippen LogP contribution >= 0.6 is 0 Å². The second-order valence-electron chi connectivity index (χ2n) is 9.42. The highest BCUT2D eigenvalue weighted by molar-refractivity contribution is 5.97. The van der Waals surface area contributed by atoms with Crippen molar-refractivity contribution in [3.8, 4) is 5.75 Å². The molecule has 2 aliphatic rings. The number of nitrogens with zero attached hydrogens (tertiary/aromatic N) is 2. The van der Waals surface area contributed by atoms with E-state index in [2.05, 4.69) is 4.98 Å². The van der Waals surface area contributed by atoms with Crippen LogP contribution in [0.2, 0.25) is 0 Å². The number of rotatable bonds is 5. The number of aromatic nitrogens is 1. The number of piperazine rings is 1. The molecule has 0 spiro atoms. The lowest BCUT2D eigenvalue weighted by atomic mass is 9.86. The van der Waals surface area contributed by atoms with Gasteiger partial charge >= 0.3 is 0 Å². The Morgan fingerprint density at radius 3 is 2.68 bits per heavy atom. The number of amides is 2. The van der Waals surface area contributed by atoms with Gasteiger partial charge in [-0.2, -0.15) is 5.23 Å². The average molecular weight is 499 g/mol. The summed E-state index contributed by atoms with van der Waals surface area (Å²) in [6, 6.07) is 20.6. The van der Waals surface area contributed by atoms with E-state index in [1.807, 2.05) is 54.6 Å². The van der Waals surface area contributed by atoms with Crippen LogP contribution in [0.25, 0.3) is 10.9 Å². The van der Waals surface area contributed by atoms with Gasteiger partial charge < -0.3 is 24.7 Å². The van der Waals surface area contributed by atoms with E-state index in [0.29, 0.717) is 17.7 Å². The number of ether oxygens (including phenoxy) is 1. The topological polar surface area (TPSA) is 113 Å². The lowest BCUT2D eigenvalue weighted by Gasteiger charge is -2.47. The van der Waals surface area contributed by atoms with Gasteiger partial charge in [0.2, 0.25) is 11.8 Å². The number of carbonyl (C=O) groups excluding carboxylic acids is 2. The first-order chi connectivity index (χ1) is 18.0. The Morgan fingerprint density at radius 2 is 1.86 bits per heavy atom. The van der Waals surface area contributed by atoms with Gasteiger partial charge in [-0.25, -0.2) is 5.21 Å². The van der Waals surface area contributed by atoms with Crippen molar-refractivity contribution < 1.29 is 24.8 Å². The molecule has 188 valence electrons. The maximum Gasteiger partial charge on any atom is 0.246 e. The van der Waals surface area contributed by atoms with Crippen LogP contribution in [0.4, 0.5) is 5.69 Å². The van der Waals surface area contributed by atoms with Gasteiger partial charge in [-0.05, 0) is 23.3 Å². The number of aromatic amines is 1. The molecule has 2 aliphatic heterocycles. The van der Waals surface area contributed by atoms with E-state index < -0.39 is 17.3 Å². The number of quaternary nitrogens is 1. The smallest absolute Gasteiger partial charge is 0.246 e. The Bertz CT molecular complexity index is 1510. The highest BCUT2D eigenvalue weighted by Gasteiger charge is 2.48. The molecule has 1 fully saturated rings. The molecule has 0 bridgehead atoms. The van der Waals surface area contributed by atoms with Gasteiger partial charge in [-0.15, -0.1) is 0 Å². The summed E-state index contributed by atoms with van der Waals surface area (Å²) in [6.45, 7) is 0.191. The third kappa shape index (κ3) is 3.84. The monoisotopic (exact) mass is 498 g/mol. The van der Waals surface area contributed by atoms with Crippen LogP contribution < -0.4 is 9.96 Å². The lowest BCUT2D eigenvalue weighted by Crippen LogP contribution is -2.99. The number of benzene rings is 3. The Balaban J connectivity index is 1.45. The predicted octanol–water partition coefficient (Wildman–Crippen LogP) is 2.46. The molecule has 0 aliphatic carbocycles. The van der Waals surface area contributed by atoms with E-state index in [9.17, 15) is 20.0 Å². The van der Waals surface area contributed by atoms with Crippen molar-refractivity contribution in [2.45, 2.75) is 25.0 Å². The van der Waals surface area contributed by atoms with Crippen molar-refractivity contribution in [1.29, 1.82) is 0 Å². The third-order valence-corrected chi connectivity index (χ3v) is 7.35. The number of hydrogen-bond donors (Lipinski definition) is 3. The predicted molar refractivity (Wildman–Crippen MR) is 135 cm³/mol. The number of methoxy groups -OCH3 is 1. The van der Waals surface area contributed by atoms with Gasteiger partial charge in [0.05, 0.1) is 13.2 Å². The fraction of sp³-hybridized carbons (Fsp3) is 0.214. The standard InChI is InChI=1S/C28H26N4O5/c1-37-24-12-5-2-7-18(24)15-30-16-25(33)31-23(28(30)34)14-21-20-10-3-4-11-22(20)29-26(21)27(31)17-8-6-9-19(13-17)32(35)36/h2-13,23,27,29,32,35H,14-16H2,1H3. The molecule has 6 rings (SSSR count). The van der Waals surface area contributed by atoms with Crippen molar-refractivity contribution in [1.82, 2.24) is 14.8 Å². The van der Waals surface area contributed by atoms with E-state index in [1.54, 1.807) is 29.0 Å². The summed E-state index contributed by atoms with van der Waals surface area (Å²) >= 11 is 0. The van der Waals surface area contributed by atoms with E-state index in [1.165, 1.54) is 6.07 Å². The molecule has 3 atom stereocenters. The zero-order chi connectivity index (χ0) is 25.7. The number of nitrogens with one attached hydrogen (secondary N) is 2. The van der Waals surface area contributed by atoms with Crippen molar-refractivity contribution in [2.24, 2.45) is 0 Å². The van der Waals surface area contributed by atoms with Gasteiger partial charge in [0.1, 0.15) is 18.3 Å². The quantitative estimate of drug-likeness (QED) is 0.366. The number of hydrogen-bond acceptors (Lipinski definition) is 5. The average Bonchev–Trinajstić information content (AvgIpc) is 3.29. The summed E-state index contributed by atoms with van der Waals surface area (Å²) < 4.78 is 5.46. The molecule has 37 heavy (non-hydrogen) atoms. The molecular formula is C28H26N4O5. The normalized spacial score (nSPS) is 20.1. The third-order valence-electron chi connectivity index (χ3n) is 7.35. The first kappa shape index (κ1) is 23.2. The number of para-hydroxylation sites is 2. The van der Waals surface area contributed by atoms with Crippen LogP contribution in [-0.2, 0) is 22.6 Å². The minimum atomic E-state index is -1.05. The fourth-order valence-electron chi connectivity index (χ4n) is 5.68. The van der Waals surface area contributed by atoms with E-state index >= 15 is 0 Å². The Hall–Kier alpha value is -4.18. The molecule has 0 radical (unpaired) electrons. The van der Waals surface area contributed by atoms with Crippen LogP contribution in [0.15, 0.2) is 72.8 Å². The van der Waals surface area contributed by atoms with Gasteiger partial charge in [0, 0.05) is 47.3 Å². The highest BCUT2D eigenvalue weighted by Crippen LogP contribution is 2.43. The largest absolute Gasteiger partial charge is 0.595 e. The maximum absolute atomic E-state index is 13.9. The van der Waals surface area contributed by atoms with Crippen molar-refractivity contribution in [3.63, 3.8) is 0 Å². The molecule has 3 N–H and O–H groups in total. The molecule has 4 aromatic rings. The van der Waals surface area contributed by atoms with Crippen LogP contribution in [0.5, 0.6) is 5.75 Å². The SMILES string of the molecule is COc1ccccc1CN1CC(=O)N2C(Cc3c([nH]c4ccccc34)C2c2cccc([NH+]([O-])O)c2)C1=O. The van der Waals surface area contributed by atoms with Gasteiger partial charge in [-0.3, -0.25) is 9.59 Å². The molecule has 3 heterocycles. The number of H-pyrrole nitrogens is 1. The molecule has 1 saturated heterocycles. The molecule has 0 saturated carbocycles. The minimum Gasteiger partial charge on any atom is -0.595 e. The van der Waals surface area contributed by atoms with Crippen LogP contribution in [0.3, 0.4) is 0 Å². The summed E-state index contributed by atoms with van der Waals surface area (Å²) in [5.41, 5.74) is 4.32. The van der Waals surface area contributed by atoms with Crippen molar-refractivity contribution in [3.05, 3.63) is 100 Å². The van der Waals surface area contributed by atoms with Crippen LogP contribution in [0.1, 0.15) is 28.4 Å². The summed E-state index contributed by atoms with van der Waals surface area (Å²) in [5, 5.41) is 21.3. The number of carbonyl (C=O) groups is 2. The Morgan fingerprint density at radius 1 is 1.08 bits per heavy atom. The molecule has 3 aromatic carbocycles. The Labute approximate surface area is 213 Å². The summed E-state index contributed by atoms with van der Waals surface area (Å²) in [4.78, 5) is 34.3. The maximum atomic E-state index is 13.9. The molecular weight excluding hydrogens is 472 g/mol. The summed E-state index contributed by atoms with van der Waals surface area (Å²) in [5.74, 6) is 0.339. The first-order valence-electron chi connectivity index (χ1n) is 12.1. The molecule has 2 amide bonds. The zero-order valence-electron chi connectivity index (χ0n) is 20.2. The number of fused-ring (bicyclic) bond motifs is 4. The highest BCUT2D eigenvalue weighted by atomic mass is 16.8. The van der Waals surface area contributed by atoms with Gasteiger partial charge in [0.25, 0.3) is 0 Å². The molecule has 9 heteroatoms. The van der Waals surface area contributed by atoms with E-state index in [4.69, 9.17) is 4.74 Å². The minimum absolute atomic E-state index is 0.0714. The van der Waals surface area contributed by atoms with Crippen molar-refractivity contribution >= 4 is 28.4 Å². The lowest BCUT2D eigenvalue weighted by molar-refractivity contribution is -0.991. The van der Waals surface area contributed by atoms with Gasteiger partial charge in [0.15, 0.2) is 5.69 Å². The first-order valence-corrected chi connectivity index (χ1v) is 12.1. The van der Waals surface area contributed by atoms with Gasteiger partial charge in [-0.1, -0.05) is 48.5 Å². The summed E-state index contributed by atoms with van der Waals surface area (Å²) in [7, 11) is 1.58. The molecule has 3 unspecified atom stereocenters. The molecule has 1 aromatic heterocycles. The fourth-order valence-corrected chi connectivity index (χ4v) is 5.68. The van der Waals surface area contributed by atoms with Crippen LogP contribution in [-0.4, -0.2) is 51.5 Å².